The van der Waals surface area contributed by atoms with Gasteiger partial charge in [-0.3, -0.25) is 4.79 Å². The predicted molar refractivity (Wildman–Crippen MR) is 125 cm³/mol. The Morgan fingerprint density at radius 3 is 2.76 bits per heavy atom. The van der Waals surface area contributed by atoms with E-state index >= 15 is 0 Å². The summed E-state index contributed by atoms with van der Waals surface area (Å²) in [6.07, 6.45) is 3.53. The highest BCUT2D eigenvalue weighted by Crippen LogP contribution is 2.38. The molecule has 1 aliphatic heterocycles. The van der Waals surface area contributed by atoms with E-state index in [-0.39, 0.29) is 12.0 Å². The summed E-state index contributed by atoms with van der Waals surface area (Å²) in [6, 6.07) is 14.9. The van der Waals surface area contributed by atoms with Gasteiger partial charge < -0.3 is 19.9 Å². The summed E-state index contributed by atoms with van der Waals surface area (Å²) in [7, 11) is 0. The number of nitrogens with one attached hydrogen (secondary N) is 1. The van der Waals surface area contributed by atoms with Crippen molar-refractivity contribution in [1.29, 1.82) is 0 Å². The number of amides is 1. The molecular weight excluding hydrogens is 440 g/mol. The van der Waals surface area contributed by atoms with Crippen LogP contribution in [-0.4, -0.2) is 28.0 Å². The number of hydrogen-bond donors (Lipinski definition) is 2. The Kier molecular flexibility index (Phi) is 6.93. The molecule has 8 heteroatoms. The monoisotopic (exact) mass is 466 g/mol. The molecule has 0 saturated carbocycles. The van der Waals surface area contributed by atoms with Crippen molar-refractivity contribution in [2.75, 3.05) is 0 Å². The first-order valence-electron chi connectivity index (χ1n) is 10.9. The van der Waals surface area contributed by atoms with E-state index in [2.05, 4.69) is 22.4 Å². The lowest BCUT2D eigenvalue weighted by molar-refractivity contribution is -0.139. The third-order valence-electron chi connectivity index (χ3n) is 5.37. The number of carboxylic acids is 1. The third-order valence-corrected chi connectivity index (χ3v) is 6.25. The average Bonchev–Trinajstić information content (AvgIpc) is 3.27. The normalized spacial score (nSPS) is 15.9. The lowest BCUT2D eigenvalue weighted by atomic mass is 9.97. The molecule has 0 bridgehead atoms. The van der Waals surface area contributed by atoms with Gasteiger partial charge in [0.05, 0.1) is 6.20 Å². The van der Waals surface area contributed by atoms with E-state index in [1.54, 1.807) is 0 Å². The maximum atomic E-state index is 12.5. The van der Waals surface area contributed by atoms with Crippen LogP contribution >= 0.6 is 11.3 Å². The fraction of sp³-hybridized carbons (Fsp3) is 0.320. The molecule has 0 aliphatic carbocycles. The second kappa shape index (κ2) is 10.0. The number of rotatable bonds is 8. The van der Waals surface area contributed by atoms with E-state index in [9.17, 15) is 14.7 Å². The van der Waals surface area contributed by atoms with Crippen molar-refractivity contribution in [1.82, 2.24) is 10.3 Å². The highest BCUT2D eigenvalue weighted by atomic mass is 32.1. The van der Waals surface area contributed by atoms with Crippen LogP contribution in [0.25, 0.3) is 0 Å². The fourth-order valence-electron chi connectivity index (χ4n) is 3.76. The zero-order valence-corrected chi connectivity index (χ0v) is 19.3. The smallest absolute Gasteiger partial charge is 0.326 e. The number of benzene rings is 2. The van der Waals surface area contributed by atoms with Crippen molar-refractivity contribution >= 4 is 23.2 Å². The Balaban J connectivity index is 1.40. The van der Waals surface area contributed by atoms with Crippen LogP contribution in [0.5, 0.6) is 16.7 Å². The van der Waals surface area contributed by atoms with Gasteiger partial charge in [-0.05, 0) is 54.5 Å². The van der Waals surface area contributed by atoms with E-state index in [0.717, 1.165) is 41.1 Å². The molecule has 2 aromatic carbocycles. The molecule has 1 amide bonds. The Labute approximate surface area is 196 Å². The standard InChI is InChI=1S/C25H26N2O5S/c1-15(2)12-19(24(29)30)27-23(28)22-14-26-25(33-22)31-18-9-11-21-17(13-18)8-10-20(32-21)16-6-4-3-5-7-16/h3-7,9,11,13-15,19-20H,8,10,12H2,1-2H3,(H,27,28)(H,29,30)/t19-,20-/m0/s1. The molecule has 1 aliphatic rings. The predicted octanol–water partition coefficient (Wildman–Crippen LogP) is 5.23. The first kappa shape index (κ1) is 22.8. The van der Waals surface area contributed by atoms with E-state index in [1.807, 2.05) is 50.2 Å². The minimum Gasteiger partial charge on any atom is -0.485 e. The molecule has 0 saturated heterocycles. The number of thiazole rings is 1. The minimum atomic E-state index is -1.05. The largest absolute Gasteiger partial charge is 0.485 e. The Hall–Kier alpha value is -3.39. The molecule has 33 heavy (non-hydrogen) atoms. The Morgan fingerprint density at radius 1 is 1.24 bits per heavy atom. The highest BCUT2D eigenvalue weighted by Gasteiger charge is 2.24. The summed E-state index contributed by atoms with van der Waals surface area (Å²) >= 11 is 1.07. The van der Waals surface area contributed by atoms with Crippen LogP contribution in [0.2, 0.25) is 0 Å². The van der Waals surface area contributed by atoms with Gasteiger partial charge in [-0.25, -0.2) is 9.78 Å². The quantitative estimate of drug-likeness (QED) is 0.472. The van der Waals surface area contributed by atoms with E-state index in [4.69, 9.17) is 9.47 Å². The van der Waals surface area contributed by atoms with Crippen LogP contribution in [0.3, 0.4) is 0 Å². The minimum absolute atomic E-state index is 0.0378. The van der Waals surface area contributed by atoms with Gasteiger partial charge in [-0.2, -0.15) is 0 Å². The summed E-state index contributed by atoms with van der Waals surface area (Å²) < 4.78 is 12.0. The van der Waals surface area contributed by atoms with Gasteiger partial charge in [0.15, 0.2) is 0 Å². The molecule has 2 heterocycles. The molecule has 2 atom stereocenters. The highest BCUT2D eigenvalue weighted by molar-refractivity contribution is 7.15. The summed E-state index contributed by atoms with van der Waals surface area (Å²) in [5.41, 5.74) is 2.22. The van der Waals surface area contributed by atoms with Crippen molar-refractivity contribution in [2.24, 2.45) is 5.92 Å². The van der Waals surface area contributed by atoms with Crippen LogP contribution in [0.15, 0.2) is 54.7 Å². The Morgan fingerprint density at radius 2 is 2.03 bits per heavy atom. The van der Waals surface area contributed by atoms with Crippen molar-refractivity contribution in [3.63, 3.8) is 0 Å². The van der Waals surface area contributed by atoms with E-state index in [0.29, 0.717) is 22.2 Å². The maximum Gasteiger partial charge on any atom is 0.326 e. The molecule has 7 nitrogen and oxygen atoms in total. The number of nitrogens with zero attached hydrogens (tertiary/aromatic N) is 1. The number of ether oxygens (including phenoxy) is 2. The zero-order chi connectivity index (χ0) is 23.4. The second-order valence-corrected chi connectivity index (χ2v) is 9.40. The van der Waals surface area contributed by atoms with Crippen LogP contribution in [0.4, 0.5) is 0 Å². The van der Waals surface area contributed by atoms with Crippen molar-refractivity contribution in [3.05, 3.63) is 70.7 Å². The van der Waals surface area contributed by atoms with Gasteiger partial charge in [-0.1, -0.05) is 55.5 Å². The molecule has 0 unspecified atom stereocenters. The molecule has 0 radical (unpaired) electrons. The molecule has 2 N–H and O–H groups in total. The summed E-state index contributed by atoms with van der Waals surface area (Å²) in [5.74, 6) is 0.0688. The first-order chi connectivity index (χ1) is 15.9. The lowest BCUT2D eigenvalue weighted by Crippen LogP contribution is -2.41. The van der Waals surface area contributed by atoms with Crippen LogP contribution in [0, 0.1) is 5.92 Å². The lowest BCUT2D eigenvalue weighted by Gasteiger charge is -2.26. The Bertz CT molecular complexity index is 1130. The number of carbonyl (C=O) groups is 2. The zero-order valence-electron chi connectivity index (χ0n) is 18.5. The molecular formula is C25H26N2O5S. The van der Waals surface area contributed by atoms with Gasteiger partial charge >= 0.3 is 5.97 Å². The maximum absolute atomic E-state index is 12.5. The fourth-order valence-corrected chi connectivity index (χ4v) is 4.45. The van der Waals surface area contributed by atoms with E-state index in [1.165, 1.54) is 6.20 Å². The van der Waals surface area contributed by atoms with Crippen molar-refractivity contribution in [3.8, 4) is 16.7 Å². The summed E-state index contributed by atoms with van der Waals surface area (Å²) in [5, 5.41) is 12.2. The third kappa shape index (κ3) is 5.70. The van der Waals surface area contributed by atoms with E-state index < -0.39 is 17.9 Å². The SMILES string of the molecule is CC(C)C[C@H](NC(=O)c1cnc(Oc2ccc3c(c2)CC[C@@H](c2ccccc2)O3)s1)C(=O)O. The number of aryl methyl sites for hydroxylation is 1. The molecule has 4 rings (SSSR count). The van der Waals surface area contributed by atoms with Gasteiger partial charge in [0, 0.05) is 0 Å². The molecule has 0 spiro atoms. The number of fused-ring (bicyclic) bond motifs is 1. The number of carboxylic acid groups (broad SMARTS) is 1. The van der Waals surface area contributed by atoms with Crippen LogP contribution in [-0.2, 0) is 11.2 Å². The molecule has 0 fully saturated rings. The summed E-state index contributed by atoms with van der Waals surface area (Å²) in [4.78, 5) is 28.3. The van der Waals surface area contributed by atoms with Gasteiger partial charge in [-0.15, -0.1) is 0 Å². The average molecular weight is 467 g/mol. The van der Waals surface area contributed by atoms with Crippen LogP contribution in [0.1, 0.15) is 53.6 Å². The first-order valence-corrected chi connectivity index (χ1v) is 11.7. The molecule has 3 aromatic rings. The number of carbonyl (C=O) groups excluding carboxylic acids is 1. The van der Waals surface area contributed by atoms with Gasteiger partial charge in [0.25, 0.3) is 11.1 Å². The molecule has 1 aromatic heterocycles. The molecule has 172 valence electrons. The number of aromatic nitrogens is 1. The summed E-state index contributed by atoms with van der Waals surface area (Å²) in [6.45, 7) is 3.82. The second-order valence-electron chi connectivity index (χ2n) is 8.41. The number of hydrogen-bond acceptors (Lipinski definition) is 6. The van der Waals surface area contributed by atoms with Gasteiger partial charge in [0.1, 0.15) is 28.5 Å². The topological polar surface area (TPSA) is 97.8 Å². The van der Waals surface area contributed by atoms with Gasteiger partial charge in [0.2, 0.25) is 0 Å². The van der Waals surface area contributed by atoms with Crippen molar-refractivity contribution in [2.45, 2.75) is 45.3 Å². The van der Waals surface area contributed by atoms with Crippen LogP contribution < -0.4 is 14.8 Å². The number of aliphatic carboxylic acids is 1. The van der Waals surface area contributed by atoms with Crippen molar-refractivity contribution < 1.29 is 24.2 Å².